The smallest absolute Gasteiger partial charge is 0.415 e. The van der Waals surface area contributed by atoms with Gasteiger partial charge in [0.1, 0.15) is 11.3 Å². The van der Waals surface area contributed by atoms with Gasteiger partial charge in [-0.25, -0.2) is 14.4 Å². The van der Waals surface area contributed by atoms with E-state index >= 15 is 0 Å². The number of anilines is 1. The lowest BCUT2D eigenvalue weighted by Gasteiger charge is -2.22. The molecule has 0 spiro atoms. The van der Waals surface area contributed by atoms with Gasteiger partial charge in [0.15, 0.2) is 11.5 Å². The Hall–Kier alpha value is -5.20. The number of H-pyrrole nitrogens is 1. The first-order chi connectivity index (χ1) is 22.0. The zero-order chi connectivity index (χ0) is 33.3. The third-order valence-corrected chi connectivity index (χ3v) is 8.27. The molecule has 0 aliphatic carbocycles. The van der Waals surface area contributed by atoms with Gasteiger partial charge in [0, 0.05) is 62.2 Å². The number of likely N-dealkylation sites (N-methyl/N-ethyl adjacent to an activating group) is 2. The molecule has 244 valence electrons. The first-order valence-corrected chi connectivity index (χ1v) is 15.0. The average Bonchev–Trinajstić information content (AvgIpc) is 3.75. The fraction of sp³-hybridized carbons (Fsp3) is 0.394. The highest BCUT2D eigenvalue weighted by Crippen LogP contribution is 2.48. The van der Waals surface area contributed by atoms with E-state index in [9.17, 15) is 19.2 Å². The number of aromatic amines is 1. The Morgan fingerprint density at radius 3 is 2.39 bits per heavy atom. The number of aryl methyl sites for hydroxylation is 1. The molecule has 0 saturated carbocycles. The van der Waals surface area contributed by atoms with Crippen LogP contribution < -0.4 is 14.4 Å². The van der Waals surface area contributed by atoms with Crippen molar-refractivity contribution in [2.24, 2.45) is 0 Å². The summed E-state index contributed by atoms with van der Waals surface area (Å²) in [5, 5.41) is 1.25. The molecule has 46 heavy (non-hydrogen) atoms. The summed E-state index contributed by atoms with van der Waals surface area (Å²) in [5.74, 6) is -0.167. The molecule has 0 radical (unpaired) electrons. The second-order valence-electron chi connectivity index (χ2n) is 11.1. The van der Waals surface area contributed by atoms with E-state index in [1.807, 2.05) is 6.92 Å². The molecule has 1 aliphatic rings. The minimum atomic E-state index is -0.695. The average molecular weight is 635 g/mol. The molecule has 13 heteroatoms. The van der Waals surface area contributed by atoms with Crippen molar-refractivity contribution in [3.63, 3.8) is 0 Å². The number of aromatic nitrogens is 1. The second-order valence-corrected chi connectivity index (χ2v) is 11.1. The van der Waals surface area contributed by atoms with Gasteiger partial charge in [-0.3, -0.25) is 4.79 Å². The van der Waals surface area contributed by atoms with Gasteiger partial charge in [0.25, 0.3) is 5.91 Å². The number of fused-ring (bicyclic) bond motifs is 4. The van der Waals surface area contributed by atoms with Crippen LogP contribution in [0.1, 0.15) is 58.4 Å². The van der Waals surface area contributed by atoms with Crippen LogP contribution in [0.4, 0.5) is 15.3 Å². The Bertz CT molecular complexity index is 1820. The highest BCUT2D eigenvalue weighted by molar-refractivity contribution is 6.14. The first kappa shape index (κ1) is 32.2. The van der Waals surface area contributed by atoms with Crippen molar-refractivity contribution >= 4 is 51.6 Å². The van der Waals surface area contributed by atoms with Crippen molar-refractivity contribution in [3.05, 3.63) is 52.9 Å². The molecular weight excluding hydrogens is 596 g/mol. The molecular formula is C33H38N4O9. The van der Waals surface area contributed by atoms with E-state index in [1.54, 1.807) is 70.3 Å². The summed E-state index contributed by atoms with van der Waals surface area (Å²) in [5.41, 5.74) is 3.08. The molecule has 1 atom stereocenters. The Morgan fingerprint density at radius 1 is 1.02 bits per heavy atom. The van der Waals surface area contributed by atoms with E-state index < -0.39 is 18.2 Å². The normalized spacial score (nSPS) is 13.9. The Balaban J connectivity index is 1.56. The van der Waals surface area contributed by atoms with Crippen LogP contribution in [-0.4, -0.2) is 93.4 Å². The number of hydrogen-bond acceptors (Lipinski definition) is 9. The summed E-state index contributed by atoms with van der Waals surface area (Å²) in [6.45, 7) is 6.40. The topological polar surface area (TPSA) is 144 Å². The van der Waals surface area contributed by atoms with Crippen molar-refractivity contribution in [3.8, 4) is 11.5 Å². The van der Waals surface area contributed by atoms with Gasteiger partial charge in [-0.1, -0.05) is 6.92 Å². The van der Waals surface area contributed by atoms with Gasteiger partial charge in [0.05, 0.1) is 37.6 Å². The molecule has 1 N–H and O–H groups in total. The number of nitrogens with zero attached hydrogens (tertiary/aromatic N) is 3. The molecule has 1 aliphatic heterocycles. The lowest BCUT2D eigenvalue weighted by molar-refractivity contribution is 0.0602. The van der Waals surface area contributed by atoms with E-state index in [0.29, 0.717) is 57.5 Å². The van der Waals surface area contributed by atoms with E-state index in [-0.39, 0.29) is 43.0 Å². The molecule has 0 saturated heterocycles. The van der Waals surface area contributed by atoms with Crippen LogP contribution in [0.2, 0.25) is 0 Å². The standard InChI is InChI=1S/C33H38N4O9/c1-8-19-17-37(30(38)25-15-20-14-21(42-6)10-11-23(20)45-25)22-16-24(29-28(27(19)22)26(18(3)34-29)31(39)43-7)46-33(41)36(5)13-12-35(4)32(40)44-9-2/h10-11,14-16,19,34H,8-9,12-13,17H2,1-7H3/t19-/m1/s1. The predicted octanol–water partition coefficient (Wildman–Crippen LogP) is 5.69. The summed E-state index contributed by atoms with van der Waals surface area (Å²) in [7, 11) is 5.99. The van der Waals surface area contributed by atoms with Crippen LogP contribution in [0.5, 0.6) is 11.5 Å². The molecule has 0 fully saturated rings. The fourth-order valence-corrected chi connectivity index (χ4v) is 5.77. The van der Waals surface area contributed by atoms with Gasteiger partial charge in [-0.15, -0.1) is 0 Å². The van der Waals surface area contributed by atoms with Crippen molar-refractivity contribution in [1.29, 1.82) is 0 Å². The van der Waals surface area contributed by atoms with E-state index in [1.165, 1.54) is 16.9 Å². The van der Waals surface area contributed by atoms with E-state index in [0.717, 1.165) is 5.56 Å². The van der Waals surface area contributed by atoms with Crippen LogP contribution in [0.25, 0.3) is 21.9 Å². The van der Waals surface area contributed by atoms with E-state index in [2.05, 4.69) is 4.98 Å². The third-order valence-electron chi connectivity index (χ3n) is 8.27. The fourth-order valence-electron chi connectivity index (χ4n) is 5.77. The SMILES string of the molecule is CCOC(=O)N(C)CCN(C)C(=O)Oc1cc2c(c3c(C(=O)OC)c(C)[nH]c13)[C@H](CC)CN2C(=O)c1cc2cc(OC)ccc2o1. The van der Waals surface area contributed by atoms with Gasteiger partial charge in [-0.2, -0.15) is 0 Å². The number of ether oxygens (including phenoxy) is 4. The lowest BCUT2D eigenvalue weighted by Crippen LogP contribution is -2.38. The number of rotatable bonds is 9. The molecule has 0 bridgehead atoms. The number of carbonyl (C=O) groups is 4. The number of amides is 3. The van der Waals surface area contributed by atoms with Gasteiger partial charge in [-0.05, 0) is 50.1 Å². The van der Waals surface area contributed by atoms with Crippen molar-refractivity contribution in [1.82, 2.24) is 14.8 Å². The maximum atomic E-state index is 14.0. The minimum absolute atomic E-state index is 0.129. The molecule has 2 aromatic heterocycles. The molecule has 13 nitrogen and oxygen atoms in total. The first-order valence-electron chi connectivity index (χ1n) is 15.0. The van der Waals surface area contributed by atoms with E-state index in [4.69, 9.17) is 23.4 Å². The van der Waals surface area contributed by atoms with Gasteiger partial charge >= 0.3 is 18.2 Å². The highest BCUT2D eigenvalue weighted by atomic mass is 16.6. The summed E-state index contributed by atoms with van der Waals surface area (Å²) in [6.07, 6.45) is -0.524. The highest BCUT2D eigenvalue weighted by Gasteiger charge is 2.38. The van der Waals surface area contributed by atoms with Gasteiger partial charge < -0.3 is 43.0 Å². The summed E-state index contributed by atoms with van der Waals surface area (Å²) >= 11 is 0. The number of carbonyl (C=O) groups excluding carboxylic acids is 4. The Morgan fingerprint density at radius 2 is 1.74 bits per heavy atom. The number of esters is 1. The van der Waals surface area contributed by atoms with Crippen LogP contribution >= 0.6 is 0 Å². The lowest BCUT2D eigenvalue weighted by atomic mass is 9.93. The van der Waals surface area contributed by atoms with Crippen LogP contribution in [0.15, 0.2) is 34.7 Å². The number of hydrogen-bond donors (Lipinski definition) is 1. The number of methoxy groups -OCH3 is 2. The predicted molar refractivity (Wildman–Crippen MR) is 170 cm³/mol. The van der Waals surface area contributed by atoms with Crippen LogP contribution in [-0.2, 0) is 9.47 Å². The minimum Gasteiger partial charge on any atom is -0.497 e. The number of benzene rings is 2. The summed E-state index contributed by atoms with van der Waals surface area (Å²) < 4.78 is 27.3. The monoisotopic (exact) mass is 634 g/mol. The van der Waals surface area contributed by atoms with Crippen LogP contribution in [0.3, 0.4) is 0 Å². The summed E-state index contributed by atoms with van der Waals surface area (Å²) in [6, 6.07) is 8.59. The second kappa shape index (κ2) is 13.0. The number of nitrogens with one attached hydrogen (secondary N) is 1. The largest absolute Gasteiger partial charge is 0.497 e. The van der Waals surface area contributed by atoms with Crippen molar-refractivity contribution in [2.75, 3.05) is 59.5 Å². The maximum Gasteiger partial charge on any atom is 0.415 e. The molecule has 3 amide bonds. The third kappa shape index (κ3) is 5.80. The van der Waals surface area contributed by atoms with Crippen LogP contribution in [0, 0.1) is 6.92 Å². The molecule has 0 unspecified atom stereocenters. The maximum absolute atomic E-state index is 14.0. The Labute approximate surface area is 265 Å². The molecule has 3 heterocycles. The molecule has 4 aromatic rings. The number of furan rings is 1. The molecule has 5 rings (SSSR count). The quantitative estimate of drug-likeness (QED) is 0.230. The van der Waals surface area contributed by atoms with Gasteiger partial charge in [0.2, 0.25) is 0 Å². The Kier molecular flexibility index (Phi) is 9.12. The van der Waals surface area contributed by atoms with Crippen molar-refractivity contribution in [2.45, 2.75) is 33.1 Å². The summed E-state index contributed by atoms with van der Waals surface area (Å²) in [4.78, 5) is 59.9. The molecule has 2 aromatic carbocycles. The zero-order valence-corrected chi connectivity index (χ0v) is 27.0. The zero-order valence-electron chi connectivity index (χ0n) is 27.0. The van der Waals surface area contributed by atoms with Crippen molar-refractivity contribution < 1.29 is 42.5 Å².